The maximum atomic E-state index is 12.8. The van der Waals surface area contributed by atoms with Crippen LogP contribution in [-0.4, -0.2) is 34.2 Å². The number of carbonyl (C=O) groups excluding carboxylic acids is 2. The van der Waals surface area contributed by atoms with Gasteiger partial charge in [0.05, 0.1) is 18.2 Å². The van der Waals surface area contributed by atoms with Crippen LogP contribution in [0.15, 0.2) is 48.5 Å². The van der Waals surface area contributed by atoms with Gasteiger partial charge in [-0.3, -0.25) is 14.3 Å². The second-order valence-electron chi connectivity index (χ2n) is 7.81. The van der Waals surface area contributed by atoms with Crippen molar-refractivity contribution in [1.82, 2.24) is 15.1 Å². The predicted molar refractivity (Wildman–Crippen MR) is 115 cm³/mol. The van der Waals surface area contributed by atoms with Gasteiger partial charge in [0, 0.05) is 18.0 Å². The second kappa shape index (κ2) is 8.57. The third-order valence-electron chi connectivity index (χ3n) is 5.11. The fourth-order valence-electron chi connectivity index (χ4n) is 3.69. The number of aromatic nitrogens is 2. The number of nitrogens with one attached hydrogen (secondary N) is 2. The van der Waals surface area contributed by atoms with Crippen molar-refractivity contribution < 1.29 is 14.3 Å². The van der Waals surface area contributed by atoms with E-state index in [0.717, 1.165) is 28.6 Å². The van der Waals surface area contributed by atoms with Crippen LogP contribution in [-0.2, 0) is 16.1 Å². The molecular formula is C23H26N4O3. The lowest BCUT2D eigenvalue weighted by molar-refractivity contribution is -0.134. The number of fused-ring (bicyclic) bond motifs is 1. The van der Waals surface area contributed by atoms with Gasteiger partial charge in [-0.1, -0.05) is 30.3 Å². The highest BCUT2D eigenvalue weighted by Gasteiger charge is 2.30. The number of rotatable bonds is 6. The Morgan fingerprint density at radius 1 is 1.27 bits per heavy atom. The molecule has 30 heavy (non-hydrogen) atoms. The van der Waals surface area contributed by atoms with Crippen molar-refractivity contribution in [2.24, 2.45) is 5.92 Å². The molecule has 2 heterocycles. The maximum Gasteiger partial charge on any atom is 0.238 e. The van der Waals surface area contributed by atoms with Gasteiger partial charge in [0.25, 0.3) is 0 Å². The van der Waals surface area contributed by atoms with Crippen molar-refractivity contribution in [2.75, 3.05) is 11.9 Å². The van der Waals surface area contributed by atoms with Crippen LogP contribution < -0.4 is 15.4 Å². The number of hydrogen-bond donors (Lipinski definition) is 2. The molecule has 3 aromatic rings. The minimum Gasteiger partial charge on any atom is -0.491 e. The summed E-state index contributed by atoms with van der Waals surface area (Å²) < 4.78 is 7.70. The van der Waals surface area contributed by atoms with Crippen LogP contribution in [0.4, 0.5) is 5.82 Å². The molecule has 4 rings (SSSR count). The molecule has 2 amide bonds. The van der Waals surface area contributed by atoms with Crippen molar-refractivity contribution in [3.05, 3.63) is 54.1 Å². The van der Waals surface area contributed by atoms with E-state index in [1.54, 1.807) is 0 Å². The smallest absolute Gasteiger partial charge is 0.238 e. The highest BCUT2D eigenvalue weighted by Crippen LogP contribution is 2.29. The molecule has 1 aliphatic heterocycles. The van der Waals surface area contributed by atoms with Crippen LogP contribution in [0.1, 0.15) is 32.3 Å². The molecule has 1 saturated heterocycles. The first-order chi connectivity index (χ1) is 14.5. The van der Waals surface area contributed by atoms with Gasteiger partial charge in [-0.15, -0.1) is 0 Å². The Kier molecular flexibility index (Phi) is 5.70. The number of carbonyl (C=O) groups is 2. The Morgan fingerprint density at radius 2 is 2.07 bits per heavy atom. The molecule has 1 atom stereocenters. The molecule has 7 nitrogen and oxygen atoms in total. The van der Waals surface area contributed by atoms with E-state index in [1.165, 1.54) is 0 Å². The normalized spacial score (nSPS) is 16.5. The first-order valence-corrected chi connectivity index (χ1v) is 10.3. The molecule has 7 heteroatoms. The third kappa shape index (κ3) is 4.30. The van der Waals surface area contributed by atoms with Gasteiger partial charge < -0.3 is 15.4 Å². The quantitative estimate of drug-likeness (QED) is 0.615. The topological polar surface area (TPSA) is 85.2 Å². The van der Waals surface area contributed by atoms with Crippen LogP contribution in [0, 0.1) is 5.92 Å². The number of ether oxygens (including phenoxy) is 1. The molecule has 156 valence electrons. The van der Waals surface area contributed by atoms with E-state index in [2.05, 4.69) is 15.7 Å². The zero-order chi connectivity index (χ0) is 21.1. The molecule has 1 aromatic heterocycles. The van der Waals surface area contributed by atoms with E-state index in [9.17, 15) is 9.59 Å². The Balaban J connectivity index is 1.68. The maximum absolute atomic E-state index is 12.8. The monoisotopic (exact) mass is 406 g/mol. The van der Waals surface area contributed by atoms with Crippen molar-refractivity contribution in [3.8, 4) is 5.75 Å². The Labute approximate surface area is 175 Å². The molecule has 1 fully saturated rings. The number of benzene rings is 2. The zero-order valence-corrected chi connectivity index (χ0v) is 17.2. The molecule has 0 saturated carbocycles. The Bertz CT molecular complexity index is 1060. The van der Waals surface area contributed by atoms with Crippen LogP contribution in [0.2, 0.25) is 0 Å². The summed E-state index contributed by atoms with van der Waals surface area (Å²) in [7, 11) is 0. The molecule has 2 N–H and O–H groups in total. The number of piperidine rings is 1. The van der Waals surface area contributed by atoms with Crippen LogP contribution in [0.3, 0.4) is 0 Å². The van der Waals surface area contributed by atoms with E-state index in [1.807, 2.05) is 67.1 Å². The number of amides is 2. The summed E-state index contributed by atoms with van der Waals surface area (Å²) >= 11 is 0. The molecule has 2 aromatic carbocycles. The van der Waals surface area contributed by atoms with Gasteiger partial charge in [-0.05, 0) is 44.4 Å². The summed E-state index contributed by atoms with van der Waals surface area (Å²) in [6.07, 6.45) is 1.40. The minimum absolute atomic E-state index is 0.0527. The summed E-state index contributed by atoms with van der Waals surface area (Å²) in [5.41, 5.74) is 1.96. The average Bonchev–Trinajstić information content (AvgIpc) is 3.05. The summed E-state index contributed by atoms with van der Waals surface area (Å²) in [6.45, 7) is 5.14. The SMILES string of the molecule is CC(C)Oc1ccc2c(NC(=O)C3CCCNC3=O)nn(Cc3ccccc3)c2c1. The largest absolute Gasteiger partial charge is 0.491 e. The molecule has 0 aliphatic carbocycles. The van der Waals surface area contributed by atoms with Gasteiger partial charge in [0.2, 0.25) is 11.8 Å². The van der Waals surface area contributed by atoms with E-state index < -0.39 is 5.92 Å². The summed E-state index contributed by atoms with van der Waals surface area (Å²) in [6, 6.07) is 15.7. The standard InChI is InChI=1S/C23H26N4O3/c1-15(2)30-17-10-11-18-20(13-17)27(14-16-7-4-3-5-8-16)26-21(18)25-23(29)19-9-6-12-24-22(19)28/h3-5,7-8,10-11,13,15,19H,6,9,12,14H2,1-2H3,(H,24,28)(H,25,26,29). The minimum atomic E-state index is -0.684. The van der Waals surface area contributed by atoms with Gasteiger partial charge >= 0.3 is 0 Å². The summed E-state index contributed by atoms with van der Waals surface area (Å²) in [5.74, 6) is -0.0198. The lowest BCUT2D eigenvalue weighted by atomic mass is 9.98. The first-order valence-electron chi connectivity index (χ1n) is 10.3. The summed E-state index contributed by atoms with van der Waals surface area (Å²) in [4.78, 5) is 24.8. The Hall–Kier alpha value is -3.35. The fraction of sp³-hybridized carbons (Fsp3) is 0.348. The lowest BCUT2D eigenvalue weighted by Crippen LogP contribution is -2.42. The average molecular weight is 406 g/mol. The highest BCUT2D eigenvalue weighted by atomic mass is 16.5. The number of anilines is 1. The predicted octanol–water partition coefficient (Wildman–Crippen LogP) is 3.34. The summed E-state index contributed by atoms with van der Waals surface area (Å²) in [5, 5.41) is 11.1. The molecule has 0 radical (unpaired) electrons. The van der Waals surface area contributed by atoms with Crippen LogP contribution >= 0.6 is 0 Å². The van der Waals surface area contributed by atoms with Crippen molar-refractivity contribution >= 4 is 28.5 Å². The lowest BCUT2D eigenvalue weighted by Gasteiger charge is -2.20. The fourth-order valence-corrected chi connectivity index (χ4v) is 3.69. The van der Waals surface area contributed by atoms with Crippen molar-refractivity contribution in [2.45, 2.75) is 39.3 Å². The van der Waals surface area contributed by atoms with Gasteiger partial charge in [-0.25, -0.2) is 0 Å². The van der Waals surface area contributed by atoms with Crippen LogP contribution in [0.25, 0.3) is 10.9 Å². The van der Waals surface area contributed by atoms with E-state index >= 15 is 0 Å². The number of hydrogen-bond acceptors (Lipinski definition) is 4. The first kappa shape index (κ1) is 19.9. The zero-order valence-electron chi connectivity index (χ0n) is 17.2. The van der Waals surface area contributed by atoms with Crippen molar-refractivity contribution in [1.29, 1.82) is 0 Å². The van der Waals surface area contributed by atoms with Gasteiger partial charge in [-0.2, -0.15) is 5.10 Å². The van der Waals surface area contributed by atoms with E-state index in [-0.39, 0.29) is 17.9 Å². The molecule has 0 bridgehead atoms. The van der Waals surface area contributed by atoms with Gasteiger partial charge in [0.15, 0.2) is 5.82 Å². The molecule has 1 unspecified atom stereocenters. The molecule has 1 aliphatic rings. The number of nitrogens with zero attached hydrogens (tertiary/aromatic N) is 2. The third-order valence-corrected chi connectivity index (χ3v) is 5.11. The van der Waals surface area contributed by atoms with Crippen molar-refractivity contribution in [3.63, 3.8) is 0 Å². The Morgan fingerprint density at radius 3 is 2.80 bits per heavy atom. The molecule has 0 spiro atoms. The molecular weight excluding hydrogens is 380 g/mol. The van der Waals surface area contributed by atoms with E-state index in [4.69, 9.17) is 4.74 Å². The van der Waals surface area contributed by atoms with Crippen LogP contribution in [0.5, 0.6) is 5.75 Å². The van der Waals surface area contributed by atoms with Gasteiger partial charge in [0.1, 0.15) is 11.7 Å². The van der Waals surface area contributed by atoms with E-state index in [0.29, 0.717) is 25.3 Å². The second-order valence-corrected chi connectivity index (χ2v) is 7.81. The highest BCUT2D eigenvalue weighted by molar-refractivity contribution is 6.09.